The molecule has 0 radical (unpaired) electrons. The van der Waals surface area contributed by atoms with Gasteiger partial charge in [-0.05, 0) is 68.0 Å². The van der Waals surface area contributed by atoms with Gasteiger partial charge in [0.15, 0.2) is 0 Å². The van der Waals surface area contributed by atoms with E-state index in [0.29, 0.717) is 6.54 Å². The van der Waals surface area contributed by atoms with Crippen molar-refractivity contribution in [3.05, 3.63) is 63.2 Å². The van der Waals surface area contributed by atoms with Crippen LogP contribution in [0.1, 0.15) is 36.0 Å². The first kappa shape index (κ1) is 17.3. The second-order valence-electron chi connectivity index (χ2n) is 6.78. The zero-order valence-electron chi connectivity index (χ0n) is 14.9. The third kappa shape index (κ3) is 4.10. The Kier molecular flexibility index (Phi) is 5.22. The standard InChI is InChI=1S/C20H25N3O2/c1-15-6-8-18(12-16(15)2)21-14-17-7-9-19(20(13-17)23(24)25)22-10-4-3-5-11-22/h6-9,12-13,21H,3-5,10-11,14H2,1-2H3. The molecule has 0 unspecified atom stereocenters. The second-order valence-corrected chi connectivity index (χ2v) is 6.78. The minimum atomic E-state index is -0.260. The number of piperidine rings is 1. The average Bonchev–Trinajstić information content (AvgIpc) is 2.63. The van der Waals surface area contributed by atoms with Crippen molar-refractivity contribution in [2.75, 3.05) is 23.3 Å². The van der Waals surface area contributed by atoms with E-state index in [2.05, 4.69) is 36.2 Å². The summed E-state index contributed by atoms with van der Waals surface area (Å²) in [5.74, 6) is 0. The van der Waals surface area contributed by atoms with Crippen molar-refractivity contribution in [1.29, 1.82) is 0 Å². The van der Waals surface area contributed by atoms with Crippen LogP contribution in [0.25, 0.3) is 0 Å². The van der Waals surface area contributed by atoms with Gasteiger partial charge in [0.1, 0.15) is 5.69 Å². The number of aryl methyl sites for hydroxylation is 2. The number of hydrogen-bond donors (Lipinski definition) is 1. The van der Waals surface area contributed by atoms with Gasteiger partial charge in [-0.1, -0.05) is 12.1 Å². The van der Waals surface area contributed by atoms with Crippen LogP contribution in [0.3, 0.4) is 0 Å². The quantitative estimate of drug-likeness (QED) is 0.627. The molecule has 2 aromatic carbocycles. The van der Waals surface area contributed by atoms with E-state index in [1.807, 2.05) is 18.2 Å². The summed E-state index contributed by atoms with van der Waals surface area (Å²) in [5, 5.41) is 14.9. The molecule has 0 amide bonds. The molecule has 5 heteroatoms. The van der Waals surface area contributed by atoms with Crippen LogP contribution in [0.5, 0.6) is 0 Å². The highest BCUT2D eigenvalue weighted by Gasteiger charge is 2.21. The van der Waals surface area contributed by atoms with E-state index in [9.17, 15) is 10.1 Å². The molecule has 0 bridgehead atoms. The van der Waals surface area contributed by atoms with Gasteiger partial charge in [0.05, 0.1) is 4.92 Å². The van der Waals surface area contributed by atoms with Crippen LogP contribution >= 0.6 is 0 Å². The Balaban J connectivity index is 1.76. The molecule has 5 nitrogen and oxygen atoms in total. The molecular weight excluding hydrogens is 314 g/mol. The molecule has 3 rings (SSSR count). The minimum absolute atomic E-state index is 0.210. The van der Waals surface area contributed by atoms with Gasteiger partial charge in [-0.15, -0.1) is 0 Å². The Morgan fingerprint density at radius 2 is 1.80 bits per heavy atom. The van der Waals surface area contributed by atoms with E-state index in [4.69, 9.17) is 0 Å². The second kappa shape index (κ2) is 7.55. The molecule has 1 aliphatic rings. The van der Waals surface area contributed by atoms with E-state index in [1.165, 1.54) is 17.5 Å². The minimum Gasteiger partial charge on any atom is -0.381 e. The van der Waals surface area contributed by atoms with Gasteiger partial charge < -0.3 is 10.2 Å². The maximum Gasteiger partial charge on any atom is 0.292 e. The molecule has 1 aliphatic heterocycles. The molecule has 0 aliphatic carbocycles. The molecule has 1 saturated heterocycles. The lowest BCUT2D eigenvalue weighted by Crippen LogP contribution is -2.30. The van der Waals surface area contributed by atoms with Crippen molar-refractivity contribution in [1.82, 2.24) is 0 Å². The van der Waals surface area contributed by atoms with Gasteiger partial charge in [-0.25, -0.2) is 0 Å². The fourth-order valence-corrected chi connectivity index (χ4v) is 3.28. The first-order valence-electron chi connectivity index (χ1n) is 8.88. The van der Waals surface area contributed by atoms with Gasteiger partial charge in [0, 0.05) is 31.4 Å². The molecule has 0 saturated carbocycles. The number of anilines is 2. The lowest BCUT2D eigenvalue weighted by molar-refractivity contribution is -0.384. The topological polar surface area (TPSA) is 58.4 Å². The molecular formula is C20H25N3O2. The summed E-state index contributed by atoms with van der Waals surface area (Å²) >= 11 is 0. The number of nitrogens with zero attached hydrogens (tertiary/aromatic N) is 2. The van der Waals surface area contributed by atoms with Crippen molar-refractivity contribution in [3.8, 4) is 0 Å². The van der Waals surface area contributed by atoms with E-state index in [1.54, 1.807) is 6.07 Å². The predicted molar refractivity (Wildman–Crippen MR) is 102 cm³/mol. The average molecular weight is 339 g/mol. The summed E-state index contributed by atoms with van der Waals surface area (Å²) < 4.78 is 0. The van der Waals surface area contributed by atoms with Gasteiger partial charge in [0.2, 0.25) is 0 Å². The first-order valence-corrected chi connectivity index (χ1v) is 8.88. The lowest BCUT2D eigenvalue weighted by Gasteiger charge is -2.28. The third-order valence-corrected chi connectivity index (χ3v) is 4.94. The van der Waals surface area contributed by atoms with Gasteiger partial charge in [0.25, 0.3) is 5.69 Å². The SMILES string of the molecule is Cc1ccc(NCc2ccc(N3CCCCC3)c([N+](=O)[O-])c2)cc1C. The van der Waals surface area contributed by atoms with Crippen molar-refractivity contribution in [3.63, 3.8) is 0 Å². The molecule has 2 aromatic rings. The highest BCUT2D eigenvalue weighted by atomic mass is 16.6. The summed E-state index contributed by atoms with van der Waals surface area (Å²) in [6.45, 7) is 6.55. The number of rotatable bonds is 5. The van der Waals surface area contributed by atoms with E-state index in [-0.39, 0.29) is 10.6 Å². The summed E-state index contributed by atoms with van der Waals surface area (Å²) in [7, 11) is 0. The van der Waals surface area contributed by atoms with Crippen molar-refractivity contribution in [2.24, 2.45) is 0 Å². The zero-order valence-corrected chi connectivity index (χ0v) is 14.9. The maximum atomic E-state index is 11.5. The van der Waals surface area contributed by atoms with E-state index < -0.39 is 0 Å². The Morgan fingerprint density at radius 1 is 1.04 bits per heavy atom. The molecule has 0 spiro atoms. The Bertz CT molecular complexity index is 768. The zero-order chi connectivity index (χ0) is 17.8. The van der Waals surface area contributed by atoms with Gasteiger partial charge >= 0.3 is 0 Å². The molecule has 1 fully saturated rings. The van der Waals surface area contributed by atoms with Crippen molar-refractivity contribution in [2.45, 2.75) is 39.7 Å². The molecule has 0 atom stereocenters. The first-order chi connectivity index (χ1) is 12.0. The van der Waals surface area contributed by atoms with Crippen LogP contribution < -0.4 is 10.2 Å². The highest BCUT2D eigenvalue weighted by Crippen LogP contribution is 2.31. The number of nitrogens with one attached hydrogen (secondary N) is 1. The summed E-state index contributed by atoms with van der Waals surface area (Å²) in [5.41, 5.74) is 5.40. The van der Waals surface area contributed by atoms with Crippen LogP contribution in [0.15, 0.2) is 36.4 Å². The Morgan fingerprint density at radius 3 is 2.48 bits per heavy atom. The third-order valence-electron chi connectivity index (χ3n) is 4.94. The number of benzene rings is 2. The van der Waals surface area contributed by atoms with Crippen LogP contribution in [-0.2, 0) is 6.54 Å². The monoisotopic (exact) mass is 339 g/mol. The smallest absolute Gasteiger partial charge is 0.292 e. The maximum absolute atomic E-state index is 11.5. The normalized spacial score (nSPS) is 14.4. The molecule has 25 heavy (non-hydrogen) atoms. The van der Waals surface area contributed by atoms with Crippen LogP contribution in [0.2, 0.25) is 0 Å². The van der Waals surface area contributed by atoms with Crippen LogP contribution in [-0.4, -0.2) is 18.0 Å². The number of nitro benzene ring substituents is 1. The Labute approximate surface area is 148 Å². The van der Waals surface area contributed by atoms with Crippen molar-refractivity contribution < 1.29 is 4.92 Å². The highest BCUT2D eigenvalue weighted by molar-refractivity contribution is 5.65. The summed E-state index contributed by atoms with van der Waals surface area (Å²) in [6, 6.07) is 11.8. The fraction of sp³-hybridized carbons (Fsp3) is 0.400. The van der Waals surface area contributed by atoms with Gasteiger partial charge in [-0.2, -0.15) is 0 Å². The predicted octanol–water partition coefficient (Wildman–Crippen LogP) is 4.81. The van der Waals surface area contributed by atoms with Crippen molar-refractivity contribution >= 4 is 17.1 Å². The van der Waals surface area contributed by atoms with Gasteiger partial charge in [-0.3, -0.25) is 10.1 Å². The molecule has 1 N–H and O–H groups in total. The molecule has 0 aromatic heterocycles. The fourth-order valence-electron chi connectivity index (χ4n) is 3.28. The van der Waals surface area contributed by atoms with Crippen LogP contribution in [0.4, 0.5) is 17.1 Å². The lowest BCUT2D eigenvalue weighted by atomic mass is 10.1. The molecule has 132 valence electrons. The summed E-state index contributed by atoms with van der Waals surface area (Å²) in [4.78, 5) is 13.4. The van der Waals surface area contributed by atoms with E-state index in [0.717, 1.165) is 42.9 Å². The van der Waals surface area contributed by atoms with Crippen LogP contribution in [0, 0.1) is 24.0 Å². The van der Waals surface area contributed by atoms with E-state index >= 15 is 0 Å². The largest absolute Gasteiger partial charge is 0.381 e. The number of hydrogen-bond acceptors (Lipinski definition) is 4. The Hall–Kier alpha value is -2.56. The number of nitro groups is 1. The summed E-state index contributed by atoms with van der Waals surface area (Å²) in [6.07, 6.45) is 3.42. The molecule has 1 heterocycles.